The first-order valence-corrected chi connectivity index (χ1v) is 6.34. The number of aryl methyl sites for hydroxylation is 1. The Bertz CT molecular complexity index is 490. The van der Waals surface area contributed by atoms with Crippen LogP contribution in [-0.2, 0) is 6.42 Å². The molecule has 92 valence electrons. The van der Waals surface area contributed by atoms with E-state index in [1.807, 2.05) is 6.07 Å². The van der Waals surface area contributed by atoms with Crippen LogP contribution in [0.5, 0.6) is 0 Å². The van der Waals surface area contributed by atoms with Gasteiger partial charge < -0.3 is 9.67 Å². The molecular formula is C14H20N2O. The van der Waals surface area contributed by atoms with Gasteiger partial charge in [0.05, 0.1) is 11.0 Å². The van der Waals surface area contributed by atoms with Gasteiger partial charge in [0.25, 0.3) is 0 Å². The molecule has 0 aliphatic heterocycles. The third-order valence-corrected chi connectivity index (χ3v) is 3.26. The van der Waals surface area contributed by atoms with Crippen LogP contribution < -0.4 is 0 Å². The Morgan fingerprint density at radius 2 is 2.12 bits per heavy atom. The summed E-state index contributed by atoms with van der Waals surface area (Å²) in [6, 6.07) is 8.70. The number of nitrogens with zero attached hydrogens (tertiary/aromatic N) is 2. The zero-order valence-corrected chi connectivity index (χ0v) is 10.6. The van der Waals surface area contributed by atoms with E-state index in [2.05, 4.69) is 41.6 Å². The summed E-state index contributed by atoms with van der Waals surface area (Å²) in [5.74, 6) is 1.09. The molecule has 0 unspecified atom stereocenters. The molecule has 17 heavy (non-hydrogen) atoms. The summed E-state index contributed by atoms with van der Waals surface area (Å²) < 4.78 is 2.31. The lowest BCUT2D eigenvalue weighted by molar-refractivity contribution is 0.286. The SMILES string of the molecule is CC[C@H](C)n1c(CCCO)nc2ccccc21. The maximum atomic E-state index is 8.95. The van der Waals surface area contributed by atoms with E-state index in [-0.39, 0.29) is 6.61 Å². The number of para-hydroxylation sites is 2. The highest BCUT2D eigenvalue weighted by Crippen LogP contribution is 2.23. The fraction of sp³-hybridized carbons (Fsp3) is 0.500. The predicted octanol–water partition coefficient (Wildman–Crippen LogP) is 2.93. The van der Waals surface area contributed by atoms with Crippen molar-refractivity contribution in [2.75, 3.05) is 6.61 Å². The average molecular weight is 232 g/mol. The lowest BCUT2D eigenvalue weighted by Crippen LogP contribution is -2.09. The van der Waals surface area contributed by atoms with Gasteiger partial charge in [0, 0.05) is 19.1 Å². The number of rotatable bonds is 5. The van der Waals surface area contributed by atoms with Gasteiger partial charge in [0.2, 0.25) is 0 Å². The van der Waals surface area contributed by atoms with Crippen LogP contribution in [0.25, 0.3) is 11.0 Å². The molecule has 1 N–H and O–H groups in total. The maximum absolute atomic E-state index is 8.95. The van der Waals surface area contributed by atoms with Gasteiger partial charge in [-0.15, -0.1) is 0 Å². The van der Waals surface area contributed by atoms with Crippen molar-refractivity contribution in [3.05, 3.63) is 30.1 Å². The summed E-state index contributed by atoms with van der Waals surface area (Å²) in [5.41, 5.74) is 2.26. The molecule has 1 aromatic carbocycles. The van der Waals surface area contributed by atoms with Crippen LogP contribution in [0.3, 0.4) is 0 Å². The zero-order valence-electron chi connectivity index (χ0n) is 10.6. The Kier molecular flexibility index (Phi) is 3.79. The molecule has 1 heterocycles. The van der Waals surface area contributed by atoms with Crippen LogP contribution in [-0.4, -0.2) is 21.3 Å². The van der Waals surface area contributed by atoms with Gasteiger partial charge in [0.1, 0.15) is 5.82 Å². The molecule has 0 saturated carbocycles. The third kappa shape index (κ3) is 2.34. The molecule has 1 atom stereocenters. The highest BCUT2D eigenvalue weighted by molar-refractivity contribution is 5.76. The van der Waals surface area contributed by atoms with Crippen molar-refractivity contribution in [1.29, 1.82) is 0 Å². The average Bonchev–Trinajstić information content (AvgIpc) is 2.73. The van der Waals surface area contributed by atoms with Crippen LogP contribution in [0.15, 0.2) is 24.3 Å². The number of hydrogen-bond acceptors (Lipinski definition) is 2. The van der Waals surface area contributed by atoms with Crippen molar-refractivity contribution >= 4 is 11.0 Å². The number of benzene rings is 1. The summed E-state index contributed by atoms with van der Waals surface area (Å²) in [6.07, 6.45) is 2.71. The molecule has 0 fully saturated rings. The molecule has 0 bridgehead atoms. The Labute approximate surface area is 102 Å². The normalized spacial score (nSPS) is 13.1. The molecule has 1 aromatic heterocycles. The number of aromatic nitrogens is 2. The Hall–Kier alpha value is -1.35. The second-order valence-electron chi connectivity index (χ2n) is 4.47. The van der Waals surface area contributed by atoms with Crippen molar-refractivity contribution < 1.29 is 5.11 Å². The molecule has 3 heteroatoms. The smallest absolute Gasteiger partial charge is 0.110 e. The molecule has 0 spiro atoms. The minimum atomic E-state index is 0.226. The van der Waals surface area contributed by atoms with Crippen molar-refractivity contribution in [2.24, 2.45) is 0 Å². The molecule has 0 aliphatic rings. The van der Waals surface area contributed by atoms with Gasteiger partial charge in [0.15, 0.2) is 0 Å². The third-order valence-electron chi connectivity index (χ3n) is 3.26. The van der Waals surface area contributed by atoms with Crippen molar-refractivity contribution in [3.63, 3.8) is 0 Å². The Morgan fingerprint density at radius 1 is 1.35 bits per heavy atom. The minimum absolute atomic E-state index is 0.226. The second-order valence-corrected chi connectivity index (χ2v) is 4.47. The molecule has 0 saturated heterocycles. The van der Waals surface area contributed by atoms with E-state index >= 15 is 0 Å². The van der Waals surface area contributed by atoms with E-state index in [0.29, 0.717) is 6.04 Å². The number of aliphatic hydroxyl groups excluding tert-OH is 1. The van der Waals surface area contributed by atoms with Gasteiger partial charge in [-0.1, -0.05) is 19.1 Å². The van der Waals surface area contributed by atoms with E-state index in [1.165, 1.54) is 5.52 Å². The van der Waals surface area contributed by atoms with E-state index in [9.17, 15) is 0 Å². The van der Waals surface area contributed by atoms with Gasteiger partial charge >= 0.3 is 0 Å². The first-order valence-electron chi connectivity index (χ1n) is 6.34. The molecule has 0 aliphatic carbocycles. The lowest BCUT2D eigenvalue weighted by atomic mass is 10.2. The summed E-state index contributed by atoms with van der Waals surface area (Å²) in [6.45, 7) is 4.63. The van der Waals surface area contributed by atoms with Crippen molar-refractivity contribution in [2.45, 2.75) is 39.2 Å². The highest BCUT2D eigenvalue weighted by atomic mass is 16.2. The number of fused-ring (bicyclic) bond motifs is 1. The van der Waals surface area contributed by atoms with Crippen molar-refractivity contribution in [1.82, 2.24) is 9.55 Å². The number of hydrogen-bond donors (Lipinski definition) is 1. The predicted molar refractivity (Wildman–Crippen MR) is 70.1 cm³/mol. The number of aliphatic hydroxyl groups is 1. The van der Waals surface area contributed by atoms with Gasteiger partial charge in [-0.25, -0.2) is 4.98 Å². The first-order chi connectivity index (χ1) is 8.27. The van der Waals surface area contributed by atoms with Crippen LogP contribution in [0.1, 0.15) is 38.6 Å². The van der Waals surface area contributed by atoms with Crippen LogP contribution in [0.4, 0.5) is 0 Å². The van der Waals surface area contributed by atoms with E-state index in [4.69, 9.17) is 5.11 Å². The first kappa shape index (κ1) is 12.1. The van der Waals surface area contributed by atoms with Crippen LogP contribution in [0.2, 0.25) is 0 Å². The van der Waals surface area contributed by atoms with Gasteiger partial charge in [-0.05, 0) is 31.9 Å². The number of imidazole rings is 1. The monoisotopic (exact) mass is 232 g/mol. The molecule has 0 radical (unpaired) electrons. The summed E-state index contributed by atoms with van der Waals surface area (Å²) in [4.78, 5) is 4.67. The minimum Gasteiger partial charge on any atom is -0.396 e. The Morgan fingerprint density at radius 3 is 2.82 bits per heavy atom. The summed E-state index contributed by atoms with van der Waals surface area (Å²) >= 11 is 0. The van der Waals surface area contributed by atoms with Crippen molar-refractivity contribution in [3.8, 4) is 0 Å². The van der Waals surface area contributed by atoms with E-state index in [0.717, 1.165) is 30.6 Å². The summed E-state index contributed by atoms with van der Waals surface area (Å²) in [7, 11) is 0. The maximum Gasteiger partial charge on any atom is 0.110 e. The van der Waals surface area contributed by atoms with Gasteiger partial charge in [-0.2, -0.15) is 0 Å². The lowest BCUT2D eigenvalue weighted by Gasteiger charge is -2.15. The fourth-order valence-corrected chi connectivity index (χ4v) is 2.18. The van der Waals surface area contributed by atoms with Crippen LogP contribution in [0, 0.1) is 0 Å². The standard InChI is InChI=1S/C14H20N2O/c1-3-11(2)16-13-8-5-4-7-12(13)15-14(16)9-6-10-17/h4-5,7-8,11,17H,3,6,9-10H2,1-2H3/t11-/m0/s1. The molecule has 3 nitrogen and oxygen atoms in total. The summed E-state index contributed by atoms with van der Waals surface area (Å²) in [5, 5.41) is 8.95. The Balaban J connectivity index is 2.49. The zero-order chi connectivity index (χ0) is 12.3. The largest absolute Gasteiger partial charge is 0.396 e. The van der Waals surface area contributed by atoms with Crippen LogP contribution >= 0.6 is 0 Å². The highest BCUT2D eigenvalue weighted by Gasteiger charge is 2.13. The molecule has 2 aromatic rings. The molecule has 2 rings (SSSR count). The topological polar surface area (TPSA) is 38.0 Å². The second kappa shape index (κ2) is 5.32. The van der Waals surface area contributed by atoms with E-state index < -0.39 is 0 Å². The van der Waals surface area contributed by atoms with E-state index in [1.54, 1.807) is 0 Å². The molecular weight excluding hydrogens is 212 g/mol. The van der Waals surface area contributed by atoms with Gasteiger partial charge in [-0.3, -0.25) is 0 Å². The molecule has 0 amide bonds. The quantitative estimate of drug-likeness (QED) is 0.860. The fourth-order valence-electron chi connectivity index (χ4n) is 2.18.